The van der Waals surface area contributed by atoms with E-state index in [4.69, 9.17) is 0 Å². The number of benzene rings is 1. The molecule has 0 amide bonds. The van der Waals surface area contributed by atoms with Crippen LogP contribution in [-0.4, -0.2) is 25.2 Å². The fraction of sp³-hybridized carbons (Fsp3) is 0.647. The van der Waals surface area contributed by atoms with Gasteiger partial charge in [0.15, 0.2) is 0 Å². The van der Waals surface area contributed by atoms with Gasteiger partial charge >= 0.3 is 0 Å². The Morgan fingerprint density at radius 2 is 2.05 bits per heavy atom. The van der Waals surface area contributed by atoms with Crippen LogP contribution in [0.2, 0.25) is 0 Å². The van der Waals surface area contributed by atoms with Gasteiger partial charge in [-0.05, 0) is 63.4 Å². The molecule has 1 aliphatic rings. The van der Waals surface area contributed by atoms with Crippen LogP contribution in [0.25, 0.3) is 0 Å². The molecule has 1 fully saturated rings. The summed E-state index contributed by atoms with van der Waals surface area (Å²) in [6.07, 6.45) is 7.52. The predicted molar refractivity (Wildman–Crippen MR) is 82.4 cm³/mol. The molecule has 0 aliphatic carbocycles. The molecule has 0 saturated carbocycles. The summed E-state index contributed by atoms with van der Waals surface area (Å²) in [6, 6.07) is 8.02. The third-order valence-corrected chi connectivity index (χ3v) is 4.12. The van der Waals surface area contributed by atoms with Gasteiger partial charge in [0.1, 0.15) is 5.82 Å². The van der Waals surface area contributed by atoms with E-state index in [1.807, 2.05) is 12.1 Å². The molecule has 3 heteroatoms. The van der Waals surface area contributed by atoms with E-state index in [1.165, 1.54) is 56.3 Å². The van der Waals surface area contributed by atoms with E-state index in [2.05, 4.69) is 17.6 Å². The molecule has 0 radical (unpaired) electrons. The highest BCUT2D eigenvalue weighted by molar-refractivity contribution is 5.16. The second-order valence-electron chi connectivity index (χ2n) is 5.97. The topological polar surface area (TPSA) is 24.1 Å². The third-order valence-electron chi connectivity index (χ3n) is 4.12. The van der Waals surface area contributed by atoms with Gasteiger partial charge in [0, 0.05) is 12.1 Å². The van der Waals surface area contributed by atoms with E-state index in [0.717, 1.165) is 13.0 Å². The predicted octanol–water partition coefficient (Wildman–Crippen LogP) is 3.27. The molecule has 112 valence electrons. The van der Waals surface area contributed by atoms with Gasteiger partial charge < -0.3 is 10.6 Å². The van der Waals surface area contributed by atoms with E-state index in [-0.39, 0.29) is 5.82 Å². The van der Waals surface area contributed by atoms with E-state index in [9.17, 15) is 4.39 Å². The largest absolute Gasteiger partial charge is 0.314 e. The van der Waals surface area contributed by atoms with Crippen LogP contribution in [0.1, 0.15) is 44.6 Å². The third kappa shape index (κ3) is 5.59. The average Bonchev–Trinajstić information content (AvgIpc) is 2.70. The molecule has 2 unspecified atom stereocenters. The van der Waals surface area contributed by atoms with Crippen molar-refractivity contribution in [2.24, 2.45) is 0 Å². The molecule has 1 aliphatic heterocycles. The lowest BCUT2D eigenvalue weighted by atomic mass is 10.0. The molecule has 0 bridgehead atoms. The molecular formula is C17H27FN2. The molecule has 2 N–H and O–H groups in total. The number of nitrogens with one attached hydrogen (secondary N) is 2. The van der Waals surface area contributed by atoms with Gasteiger partial charge in [-0.1, -0.05) is 25.0 Å². The van der Waals surface area contributed by atoms with Crippen molar-refractivity contribution >= 4 is 0 Å². The Labute approximate surface area is 122 Å². The smallest absolute Gasteiger partial charge is 0.123 e. The molecule has 2 atom stereocenters. The molecule has 1 saturated heterocycles. The highest BCUT2D eigenvalue weighted by Crippen LogP contribution is 2.12. The first-order chi connectivity index (χ1) is 9.74. The zero-order valence-electron chi connectivity index (χ0n) is 12.5. The Hall–Kier alpha value is -0.930. The number of halogens is 1. The van der Waals surface area contributed by atoms with Crippen LogP contribution in [0.4, 0.5) is 4.39 Å². The lowest BCUT2D eigenvalue weighted by Crippen LogP contribution is -2.37. The van der Waals surface area contributed by atoms with Crippen LogP contribution < -0.4 is 10.6 Å². The Morgan fingerprint density at radius 3 is 2.85 bits per heavy atom. The summed E-state index contributed by atoms with van der Waals surface area (Å²) >= 11 is 0. The van der Waals surface area contributed by atoms with Crippen molar-refractivity contribution in [3.8, 4) is 0 Å². The maximum atomic E-state index is 12.8. The summed E-state index contributed by atoms with van der Waals surface area (Å²) in [5.41, 5.74) is 1.19. The molecule has 0 aromatic heterocycles. The fourth-order valence-corrected chi connectivity index (χ4v) is 2.93. The first kappa shape index (κ1) is 15.5. The summed E-state index contributed by atoms with van der Waals surface area (Å²) in [4.78, 5) is 0. The molecule has 1 aromatic carbocycles. The number of hydrogen-bond donors (Lipinski definition) is 2. The van der Waals surface area contributed by atoms with Gasteiger partial charge in [-0.15, -0.1) is 0 Å². The molecule has 0 spiro atoms. The van der Waals surface area contributed by atoms with Gasteiger partial charge in [-0.25, -0.2) is 4.39 Å². The van der Waals surface area contributed by atoms with Gasteiger partial charge in [-0.2, -0.15) is 0 Å². The second kappa shape index (κ2) is 8.38. The molecule has 20 heavy (non-hydrogen) atoms. The van der Waals surface area contributed by atoms with E-state index < -0.39 is 0 Å². The van der Waals surface area contributed by atoms with Crippen molar-refractivity contribution in [2.75, 3.05) is 13.1 Å². The van der Waals surface area contributed by atoms with Crippen molar-refractivity contribution in [3.05, 3.63) is 35.6 Å². The maximum Gasteiger partial charge on any atom is 0.123 e. The Balaban J connectivity index is 1.64. The molecule has 2 rings (SSSR count). The lowest BCUT2D eigenvalue weighted by molar-refractivity contribution is 0.404. The summed E-state index contributed by atoms with van der Waals surface area (Å²) in [5.74, 6) is -0.158. The van der Waals surface area contributed by atoms with E-state index in [0.29, 0.717) is 12.1 Å². The van der Waals surface area contributed by atoms with Crippen molar-refractivity contribution in [2.45, 2.75) is 57.5 Å². The van der Waals surface area contributed by atoms with Crippen molar-refractivity contribution in [3.63, 3.8) is 0 Å². The summed E-state index contributed by atoms with van der Waals surface area (Å²) in [5, 5.41) is 7.22. The van der Waals surface area contributed by atoms with Gasteiger partial charge in [0.25, 0.3) is 0 Å². The first-order valence-electron chi connectivity index (χ1n) is 7.95. The number of hydrogen-bond acceptors (Lipinski definition) is 2. The summed E-state index contributed by atoms with van der Waals surface area (Å²) < 4.78 is 12.8. The first-order valence-corrected chi connectivity index (χ1v) is 7.95. The Kier molecular flexibility index (Phi) is 6.48. The zero-order chi connectivity index (χ0) is 14.2. The van der Waals surface area contributed by atoms with Crippen molar-refractivity contribution in [1.82, 2.24) is 10.6 Å². The van der Waals surface area contributed by atoms with E-state index >= 15 is 0 Å². The maximum absolute atomic E-state index is 12.8. The van der Waals surface area contributed by atoms with Crippen LogP contribution in [-0.2, 0) is 6.42 Å². The molecule has 1 heterocycles. The van der Waals surface area contributed by atoms with Gasteiger partial charge in [0.05, 0.1) is 0 Å². The quantitative estimate of drug-likeness (QED) is 0.834. The van der Waals surface area contributed by atoms with Gasteiger partial charge in [0.2, 0.25) is 0 Å². The van der Waals surface area contributed by atoms with Crippen LogP contribution in [0.15, 0.2) is 24.3 Å². The van der Waals surface area contributed by atoms with Crippen LogP contribution in [0.5, 0.6) is 0 Å². The van der Waals surface area contributed by atoms with Crippen molar-refractivity contribution < 1.29 is 4.39 Å². The monoisotopic (exact) mass is 278 g/mol. The Bertz CT molecular complexity index is 369. The van der Waals surface area contributed by atoms with Gasteiger partial charge in [-0.3, -0.25) is 0 Å². The summed E-state index contributed by atoms with van der Waals surface area (Å²) in [7, 11) is 0. The minimum Gasteiger partial charge on any atom is -0.314 e. The highest BCUT2D eigenvalue weighted by atomic mass is 19.1. The highest BCUT2D eigenvalue weighted by Gasteiger charge is 2.14. The molecule has 1 aromatic rings. The zero-order valence-corrected chi connectivity index (χ0v) is 12.5. The average molecular weight is 278 g/mol. The standard InChI is InChI=1S/C17H27FN2/c1-14(13-17-5-3-2-4-11-20-17)19-12-10-15-6-8-16(18)9-7-15/h6-9,14,17,19-20H,2-5,10-13H2,1H3. The second-order valence-corrected chi connectivity index (χ2v) is 5.97. The minimum absolute atomic E-state index is 0.158. The fourth-order valence-electron chi connectivity index (χ4n) is 2.93. The SMILES string of the molecule is CC(CC1CCCCCN1)NCCc1ccc(F)cc1. The van der Waals surface area contributed by atoms with E-state index in [1.54, 1.807) is 0 Å². The van der Waals surface area contributed by atoms with Crippen LogP contribution in [0, 0.1) is 5.82 Å². The molecule has 2 nitrogen and oxygen atoms in total. The normalized spacial score (nSPS) is 21.4. The lowest BCUT2D eigenvalue weighted by Gasteiger charge is -2.21. The van der Waals surface area contributed by atoms with Crippen LogP contribution >= 0.6 is 0 Å². The molecular weight excluding hydrogens is 251 g/mol. The van der Waals surface area contributed by atoms with Crippen LogP contribution in [0.3, 0.4) is 0 Å². The van der Waals surface area contributed by atoms with Crippen molar-refractivity contribution in [1.29, 1.82) is 0 Å². The number of rotatable bonds is 6. The Morgan fingerprint density at radius 1 is 1.25 bits per heavy atom. The summed E-state index contributed by atoms with van der Waals surface area (Å²) in [6.45, 7) is 4.39. The minimum atomic E-state index is -0.158.